The molecule has 0 radical (unpaired) electrons. The lowest BCUT2D eigenvalue weighted by molar-refractivity contribution is -0.142. The number of fused-ring (bicyclic) bond motifs is 1. The summed E-state index contributed by atoms with van der Waals surface area (Å²) in [6, 6.07) is 2.36. The molecule has 0 spiro atoms. The summed E-state index contributed by atoms with van der Waals surface area (Å²) in [5, 5.41) is 6.59. The zero-order valence-corrected chi connectivity index (χ0v) is 15.3. The van der Waals surface area contributed by atoms with Crippen LogP contribution in [0.4, 0.5) is 13.2 Å². The second-order valence-corrected chi connectivity index (χ2v) is 7.20. The van der Waals surface area contributed by atoms with E-state index in [1.807, 2.05) is 0 Å². The summed E-state index contributed by atoms with van der Waals surface area (Å²) in [5.41, 5.74) is -0.490. The van der Waals surface area contributed by atoms with Gasteiger partial charge in [-0.3, -0.25) is 9.69 Å². The Kier molecular flexibility index (Phi) is 5.24. The van der Waals surface area contributed by atoms with Crippen LogP contribution in [0, 0.1) is 0 Å². The van der Waals surface area contributed by atoms with Crippen LogP contribution in [0.1, 0.15) is 47.1 Å². The average Bonchev–Trinajstić information content (AvgIpc) is 3.43. The van der Waals surface area contributed by atoms with Gasteiger partial charge in [0.25, 0.3) is 5.91 Å². The van der Waals surface area contributed by atoms with Crippen LogP contribution in [0.25, 0.3) is 5.65 Å². The molecule has 2 aromatic heterocycles. The van der Waals surface area contributed by atoms with E-state index in [0.717, 1.165) is 45.0 Å². The minimum Gasteiger partial charge on any atom is -0.379 e. The molecule has 3 heterocycles. The third-order valence-corrected chi connectivity index (χ3v) is 5.01. The molecule has 4 rings (SSSR count). The van der Waals surface area contributed by atoms with Crippen molar-refractivity contribution in [3.05, 3.63) is 29.2 Å². The van der Waals surface area contributed by atoms with Crippen molar-refractivity contribution in [1.29, 1.82) is 0 Å². The van der Waals surface area contributed by atoms with E-state index in [2.05, 4.69) is 20.3 Å². The molecular formula is C18H22F3N5O2. The molecule has 2 fully saturated rings. The molecule has 7 nitrogen and oxygen atoms in total. The number of hydrogen-bond donors (Lipinski definition) is 1. The number of ether oxygens (including phenoxy) is 1. The number of alkyl halides is 3. The number of aromatic nitrogens is 3. The highest BCUT2D eigenvalue weighted by Gasteiger charge is 2.37. The Bertz CT molecular complexity index is 857. The number of carbonyl (C=O) groups is 1. The van der Waals surface area contributed by atoms with Crippen molar-refractivity contribution in [2.24, 2.45) is 0 Å². The molecular weight excluding hydrogens is 375 g/mol. The monoisotopic (exact) mass is 397 g/mol. The first kappa shape index (κ1) is 19.1. The maximum atomic E-state index is 13.4. The first-order chi connectivity index (χ1) is 13.4. The molecule has 0 aromatic carbocycles. The van der Waals surface area contributed by atoms with Gasteiger partial charge in [0, 0.05) is 37.3 Å². The lowest BCUT2D eigenvalue weighted by Gasteiger charge is -2.26. The molecule has 1 aliphatic carbocycles. The van der Waals surface area contributed by atoms with Crippen LogP contribution in [0.5, 0.6) is 0 Å². The minimum atomic E-state index is -4.57. The Balaban J connectivity index is 1.43. The highest BCUT2D eigenvalue weighted by Crippen LogP contribution is 2.41. The normalized spacial score (nSPS) is 18.5. The van der Waals surface area contributed by atoms with Crippen LogP contribution < -0.4 is 5.32 Å². The van der Waals surface area contributed by atoms with Crippen molar-refractivity contribution in [3.63, 3.8) is 0 Å². The lowest BCUT2D eigenvalue weighted by atomic mass is 10.2. The van der Waals surface area contributed by atoms with Gasteiger partial charge in [-0.05, 0) is 31.9 Å². The minimum absolute atomic E-state index is 0.0511. The molecule has 152 valence electrons. The molecule has 2 aliphatic rings. The number of carbonyl (C=O) groups excluding carboxylic acids is 1. The van der Waals surface area contributed by atoms with E-state index in [1.165, 1.54) is 6.07 Å². The van der Waals surface area contributed by atoms with Gasteiger partial charge in [-0.15, -0.1) is 0 Å². The fraction of sp³-hybridized carbons (Fsp3) is 0.611. The second kappa shape index (κ2) is 7.67. The largest absolute Gasteiger partial charge is 0.433 e. The highest BCUT2D eigenvalue weighted by molar-refractivity contribution is 5.93. The Morgan fingerprint density at radius 3 is 2.68 bits per heavy atom. The lowest BCUT2D eigenvalue weighted by Crippen LogP contribution is -2.38. The van der Waals surface area contributed by atoms with Crippen LogP contribution in [0.15, 0.2) is 12.1 Å². The highest BCUT2D eigenvalue weighted by atomic mass is 19.4. The number of nitrogens with zero attached hydrogens (tertiary/aromatic N) is 4. The van der Waals surface area contributed by atoms with Crippen LogP contribution in [-0.2, 0) is 10.9 Å². The summed E-state index contributed by atoms with van der Waals surface area (Å²) in [5.74, 6) is -0.424. The number of nitrogens with one attached hydrogen (secondary N) is 1. The zero-order valence-electron chi connectivity index (χ0n) is 15.3. The third kappa shape index (κ3) is 4.27. The van der Waals surface area contributed by atoms with Crippen LogP contribution >= 0.6 is 0 Å². The van der Waals surface area contributed by atoms with Gasteiger partial charge in [0.05, 0.1) is 13.2 Å². The molecule has 1 saturated carbocycles. The molecule has 10 heteroatoms. The molecule has 1 amide bonds. The molecule has 1 N–H and O–H groups in total. The maximum absolute atomic E-state index is 13.4. The van der Waals surface area contributed by atoms with Crippen LogP contribution in [0.3, 0.4) is 0 Å². The summed E-state index contributed by atoms with van der Waals surface area (Å²) in [6.07, 6.45) is -2.14. The summed E-state index contributed by atoms with van der Waals surface area (Å²) < 4.78 is 46.2. The van der Waals surface area contributed by atoms with Crippen molar-refractivity contribution in [2.75, 3.05) is 39.4 Å². The van der Waals surface area contributed by atoms with E-state index >= 15 is 0 Å². The van der Waals surface area contributed by atoms with Gasteiger partial charge < -0.3 is 10.1 Å². The maximum Gasteiger partial charge on any atom is 0.433 e. The molecule has 1 saturated heterocycles. The van der Waals surface area contributed by atoms with E-state index in [-0.39, 0.29) is 17.3 Å². The summed E-state index contributed by atoms with van der Waals surface area (Å²) in [6.45, 7) is 4.43. The second-order valence-electron chi connectivity index (χ2n) is 7.20. The van der Waals surface area contributed by atoms with E-state index < -0.39 is 17.8 Å². The molecule has 0 bridgehead atoms. The Hall–Kier alpha value is -2.20. The fourth-order valence-corrected chi connectivity index (χ4v) is 3.31. The van der Waals surface area contributed by atoms with Crippen molar-refractivity contribution < 1.29 is 22.7 Å². The first-order valence-corrected chi connectivity index (χ1v) is 9.48. The molecule has 0 atom stereocenters. The summed E-state index contributed by atoms with van der Waals surface area (Å²) >= 11 is 0. The zero-order chi connectivity index (χ0) is 19.7. The van der Waals surface area contributed by atoms with E-state index in [1.54, 1.807) is 0 Å². The van der Waals surface area contributed by atoms with Crippen molar-refractivity contribution in [1.82, 2.24) is 24.8 Å². The van der Waals surface area contributed by atoms with E-state index in [0.29, 0.717) is 30.0 Å². The Labute approximate surface area is 159 Å². The van der Waals surface area contributed by atoms with Gasteiger partial charge in [0.1, 0.15) is 5.69 Å². The van der Waals surface area contributed by atoms with E-state index in [9.17, 15) is 18.0 Å². The van der Waals surface area contributed by atoms with Gasteiger partial charge in [-0.25, -0.2) is 9.50 Å². The van der Waals surface area contributed by atoms with Gasteiger partial charge in [0.15, 0.2) is 11.3 Å². The third-order valence-electron chi connectivity index (χ3n) is 5.01. The molecule has 28 heavy (non-hydrogen) atoms. The quantitative estimate of drug-likeness (QED) is 0.756. The van der Waals surface area contributed by atoms with Crippen molar-refractivity contribution >= 4 is 11.6 Å². The summed E-state index contributed by atoms with van der Waals surface area (Å²) in [7, 11) is 0. The summed E-state index contributed by atoms with van der Waals surface area (Å²) in [4.78, 5) is 18.9. The van der Waals surface area contributed by atoms with Gasteiger partial charge >= 0.3 is 6.18 Å². The smallest absolute Gasteiger partial charge is 0.379 e. The number of halogens is 3. The number of rotatable bonds is 6. The predicted octanol–water partition coefficient (Wildman–Crippen LogP) is 2.08. The molecule has 0 unspecified atom stereocenters. The Morgan fingerprint density at radius 1 is 1.25 bits per heavy atom. The molecule has 1 aliphatic heterocycles. The van der Waals surface area contributed by atoms with Crippen LogP contribution in [0.2, 0.25) is 0 Å². The van der Waals surface area contributed by atoms with Crippen molar-refractivity contribution in [2.45, 2.75) is 31.4 Å². The average molecular weight is 397 g/mol. The van der Waals surface area contributed by atoms with Gasteiger partial charge in [0.2, 0.25) is 0 Å². The number of amides is 1. The number of morpholine rings is 1. The Morgan fingerprint density at radius 2 is 2.00 bits per heavy atom. The SMILES string of the molecule is O=C(NCCCN1CCOCC1)c1cc2nc(C3CC3)cc(C(F)(F)F)n2n1. The first-order valence-electron chi connectivity index (χ1n) is 9.48. The topological polar surface area (TPSA) is 71.8 Å². The predicted molar refractivity (Wildman–Crippen MR) is 94.2 cm³/mol. The van der Waals surface area contributed by atoms with E-state index in [4.69, 9.17) is 4.74 Å². The van der Waals surface area contributed by atoms with Gasteiger partial charge in [-0.1, -0.05) is 0 Å². The molecule has 2 aromatic rings. The van der Waals surface area contributed by atoms with Crippen molar-refractivity contribution in [3.8, 4) is 0 Å². The van der Waals surface area contributed by atoms with Crippen LogP contribution in [-0.4, -0.2) is 64.8 Å². The van der Waals surface area contributed by atoms with Gasteiger partial charge in [-0.2, -0.15) is 18.3 Å². The fourth-order valence-electron chi connectivity index (χ4n) is 3.31. The number of hydrogen-bond acceptors (Lipinski definition) is 5. The standard InChI is InChI=1S/C18H22F3N5O2/c19-18(20,21)15-10-13(12-2-3-12)23-16-11-14(24-26(15)16)17(27)22-4-1-5-25-6-8-28-9-7-25/h10-12H,1-9H2,(H,22,27).